The first kappa shape index (κ1) is 13.3. The van der Waals surface area contributed by atoms with Gasteiger partial charge in [-0.2, -0.15) is 13.2 Å². The summed E-state index contributed by atoms with van der Waals surface area (Å²) in [5.74, 6) is 0.360. The van der Waals surface area contributed by atoms with Crippen molar-refractivity contribution in [3.05, 3.63) is 34.9 Å². The van der Waals surface area contributed by atoms with Crippen LogP contribution < -0.4 is 5.32 Å². The van der Waals surface area contributed by atoms with E-state index < -0.39 is 11.7 Å². The molecule has 1 N–H and O–H groups in total. The van der Waals surface area contributed by atoms with E-state index in [0.717, 1.165) is 12.8 Å². The third-order valence-electron chi connectivity index (χ3n) is 4.25. The van der Waals surface area contributed by atoms with Crippen molar-refractivity contribution in [2.45, 2.75) is 49.4 Å². The molecule has 0 unspecified atom stereocenters. The number of rotatable bonds is 3. The molecular weight excluding hydrogens is 275 g/mol. The van der Waals surface area contributed by atoms with Crippen molar-refractivity contribution < 1.29 is 13.2 Å². The van der Waals surface area contributed by atoms with Crippen LogP contribution in [0.5, 0.6) is 0 Å². The molecular formula is C14H15ClF3N. The molecule has 0 spiro atoms. The fourth-order valence-electron chi connectivity index (χ4n) is 2.77. The molecule has 0 saturated heterocycles. The van der Waals surface area contributed by atoms with Crippen LogP contribution in [0.3, 0.4) is 0 Å². The Morgan fingerprint density at radius 1 is 1.11 bits per heavy atom. The van der Waals surface area contributed by atoms with Gasteiger partial charge in [-0.15, -0.1) is 0 Å². The maximum absolute atomic E-state index is 12.8. The number of benzene rings is 1. The van der Waals surface area contributed by atoms with E-state index >= 15 is 0 Å². The van der Waals surface area contributed by atoms with Crippen molar-refractivity contribution in [1.82, 2.24) is 5.32 Å². The molecule has 1 nitrogen and oxygen atoms in total. The Morgan fingerprint density at radius 3 is 2.16 bits per heavy atom. The molecule has 2 aliphatic carbocycles. The summed E-state index contributed by atoms with van der Waals surface area (Å²) in [5.41, 5.74) is -0.415. The first-order chi connectivity index (χ1) is 8.90. The number of halogens is 4. The van der Waals surface area contributed by atoms with Gasteiger partial charge in [0, 0.05) is 11.1 Å². The van der Waals surface area contributed by atoms with E-state index in [1.54, 1.807) is 0 Å². The average Bonchev–Trinajstić information content (AvgIpc) is 3.05. The first-order valence-corrected chi connectivity index (χ1v) is 6.87. The van der Waals surface area contributed by atoms with Crippen LogP contribution >= 0.6 is 11.6 Å². The minimum atomic E-state index is -4.11. The monoisotopic (exact) mass is 289 g/mol. The molecule has 2 fully saturated rings. The Kier molecular flexibility index (Phi) is 3.06. The Morgan fingerprint density at radius 2 is 1.68 bits per heavy atom. The fourth-order valence-corrected chi connectivity index (χ4v) is 2.89. The van der Waals surface area contributed by atoms with Crippen LogP contribution in [0.15, 0.2) is 24.3 Å². The first-order valence-electron chi connectivity index (χ1n) is 6.49. The van der Waals surface area contributed by atoms with Crippen LogP contribution in [-0.4, -0.2) is 17.8 Å². The molecule has 0 atom stereocenters. The topological polar surface area (TPSA) is 12.0 Å². The molecule has 2 saturated carbocycles. The van der Waals surface area contributed by atoms with E-state index in [0.29, 0.717) is 10.9 Å². The molecule has 104 valence electrons. The fraction of sp³-hybridized carbons (Fsp3) is 0.571. The predicted octanol–water partition coefficient (Wildman–Crippen LogP) is 4.27. The number of alkyl halides is 3. The lowest BCUT2D eigenvalue weighted by atomic mass is 9.75. The summed E-state index contributed by atoms with van der Waals surface area (Å²) >= 11 is 5.81. The second-order valence-electron chi connectivity index (χ2n) is 5.64. The van der Waals surface area contributed by atoms with Crippen molar-refractivity contribution >= 4 is 11.6 Å². The van der Waals surface area contributed by atoms with E-state index in [1.807, 2.05) is 24.3 Å². The van der Waals surface area contributed by atoms with Gasteiger partial charge in [0.2, 0.25) is 0 Å². The van der Waals surface area contributed by atoms with Gasteiger partial charge in [0.05, 0.1) is 0 Å². The predicted molar refractivity (Wildman–Crippen MR) is 68.4 cm³/mol. The van der Waals surface area contributed by atoms with Crippen LogP contribution in [0.2, 0.25) is 5.02 Å². The van der Waals surface area contributed by atoms with E-state index in [1.165, 1.54) is 5.56 Å². The van der Waals surface area contributed by atoms with Crippen LogP contribution in [-0.2, 0) is 0 Å². The van der Waals surface area contributed by atoms with E-state index in [-0.39, 0.29) is 18.9 Å². The minimum Gasteiger partial charge on any atom is -0.301 e. The summed E-state index contributed by atoms with van der Waals surface area (Å²) < 4.78 is 38.4. The van der Waals surface area contributed by atoms with Crippen LogP contribution in [0.4, 0.5) is 13.2 Å². The molecule has 3 rings (SSSR count). The second-order valence-corrected chi connectivity index (χ2v) is 6.08. The van der Waals surface area contributed by atoms with Gasteiger partial charge < -0.3 is 5.32 Å². The smallest absolute Gasteiger partial charge is 0.301 e. The van der Waals surface area contributed by atoms with Crippen LogP contribution in [0.25, 0.3) is 0 Å². The highest BCUT2D eigenvalue weighted by molar-refractivity contribution is 6.30. The second kappa shape index (κ2) is 4.38. The summed E-state index contributed by atoms with van der Waals surface area (Å²) in [5, 5.41) is 3.49. The molecule has 0 radical (unpaired) electrons. The van der Waals surface area contributed by atoms with Gasteiger partial charge in [0.15, 0.2) is 0 Å². The third-order valence-corrected chi connectivity index (χ3v) is 4.50. The molecule has 2 aliphatic rings. The number of nitrogens with one attached hydrogen (secondary N) is 1. The van der Waals surface area contributed by atoms with Gasteiger partial charge >= 0.3 is 6.18 Å². The lowest BCUT2D eigenvalue weighted by Crippen LogP contribution is -2.53. The Hall–Kier alpha value is -0.740. The normalized spacial score (nSPS) is 28.8. The molecule has 19 heavy (non-hydrogen) atoms. The van der Waals surface area contributed by atoms with Crippen LogP contribution in [0.1, 0.15) is 37.2 Å². The number of hydrogen-bond donors (Lipinski definition) is 1. The summed E-state index contributed by atoms with van der Waals surface area (Å²) in [6.07, 6.45) is -2.12. The molecule has 0 aliphatic heterocycles. The highest BCUT2D eigenvalue weighted by atomic mass is 35.5. The van der Waals surface area contributed by atoms with E-state index in [9.17, 15) is 13.2 Å². The Labute approximate surface area is 115 Å². The molecule has 0 amide bonds. The summed E-state index contributed by atoms with van der Waals surface area (Å²) in [7, 11) is 0. The zero-order valence-electron chi connectivity index (χ0n) is 10.3. The summed E-state index contributed by atoms with van der Waals surface area (Å²) in [6.45, 7) is 0. The Balaban J connectivity index is 1.55. The van der Waals surface area contributed by atoms with Gasteiger partial charge in [-0.1, -0.05) is 23.7 Å². The van der Waals surface area contributed by atoms with Gasteiger partial charge in [-0.25, -0.2) is 0 Å². The zero-order chi connectivity index (χ0) is 13.7. The highest BCUT2D eigenvalue weighted by Gasteiger charge is 2.64. The van der Waals surface area contributed by atoms with E-state index in [2.05, 4.69) is 5.32 Å². The third kappa shape index (κ3) is 2.48. The van der Waals surface area contributed by atoms with Gasteiger partial charge in [0.1, 0.15) is 5.54 Å². The highest BCUT2D eigenvalue weighted by Crippen LogP contribution is 2.51. The molecule has 1 aromatic rings. The maximum atomic E-state index is 12.8. The lowest BCUT2D eigenvalue weighted by Gasteiger charge is -2.39. The lowest BCUT2D eigenvalue weighted by molar-refractivity contribution is -0.169. The SMILES string of the molecule is FC(F)(F)C1(NC2CC(c3ccc(Cl)cc3)C2)CC1. The molecule has 0 heterocycles. The number of hydrogen-bond acceptors (Lipinski definition) is 1. The largest absolute Gasteiger partial charge is 0.406 e. The maximum Gasteiger partial charge on any atom is 0.406 e. The van der Waals surface area contributed by atoms with E-state index in [4.69, 9.17) is 11.6 Å². The molecule has 1 aromatic carbocycles. The van der Waals surface area contributed by atoms with Gasteiger partial charge in [0.25, 0.3) is 0 Å². The van der Waals surface area contributed by atoms with Crippen molar-refractivity contribution in [1.29, 1.82) is 0 Å². The summed E-state index contributed by atoms with van der Waals surface area (Å²) in [4.78, 5) is 0. The van der Waals surface area contributed by atoms with Crippen LogP contribution in [0, 0.1) is 0 Å². The van der Waals surface area contributed by atoms with Crippen molar-refractivity contribution in [3.63, 3.8) is 0 Å². The molecule has 0 bridgehead atoms. The van der Waals surface area contributed by atoms with Gasteiger partial charge in [-0.05, 0) is 49.3 Å². The van der Waals surface area contributed by atoms with Crippen molar-refractivity contribution in [3.8, 4) is 0 Å². The van der Waals surface area contributed by atoms with Crippen molar-refractivity contribution in [2.24, 2.45) is 0 Å². The standard InChI is InChI=1S/C14H15ClF3N/c15-11-3-1-9(2-4-11)10-7-12(8-10)19-13(5-6-13)14(16,17)18/h1-4,10,12,19H,5-8H2. The molecule has 0 aromatic heterocycles. The van der Waals surface area contributed by atoms with Gasteiger partial charge in [-0.3, -0.25) is 0 Å². The zero-order valence-corrected chi connectivity index (χ0v) is 11.1. The average molecular weight is 290 g/mol. The quantitative estimate of drug-likeness (QED) is 0.876. The summed E-state index contributed by atoms with van der Waals surface area (Å²) in [6, 6.07) is 7.57. The molecule has 5 heteroatoms. The Bertz CT molecular complexity index is 459. The minimum absolute atomic E-state index is 0.00944. The van der Waals surface area contributed by atoms with Crippen molar-refractivity contribution in [2.75, 3.05) is 0 Å².